The van der Waals surface area contributed by atoms with Gasteiger partial charge in [0.15, 0.2) is 0 Å². The standard InChI is InChI=1S/C10H24N2.H4N2/c1-9(2,3)11-7-8-12-10(4,5)6;1-2/h11-12H,7-8H2,1-6H3;1-2H2. The van der Waals surface area contributed by atoms with Crippen molar-refractivity contribution < 1.29 is 0 Å². The molecule has 88 valence electrons. The summed E-state index contributed by atoms with van der Waals surface area (Å²) in [6, 6.07) is 0. The lowest BCUT2D eigenvalue weighted by atomic mass is 10.1. The Balaban J connectivity index is 0. The minimum absolute atomic E-state index is 0.236. The lowest BCUT2D eigenvalue weighted by Crippen LogP contribution is -2.44. The van der Waals surface area contributed by atoms with Crippen molar-refractivity contribution >= 4 is 0 Å². The molecule has 0 aliphatic carbocycles. The van der Waals surface area contributed by atoms with Gasteiger partial charge < -0.3 is 10.6 Å². The number of nitrogens with two attached hydrogens (primary N) is 2. The molecule has 0 saturated carbocycles. The maximum atomic E-state index is 4.00. The van der Waals surface area contributed by atoms with Gasteiger partial charge in [-0.15, -0.1) is 0 Å². The number of hydrogen-bond donors (Lipinski definition) is 4. The van der Waals surface area contributed by atoms with Crippen LogP contribution in [0.2, 0.25) is 0 Å². The second-order valence-corrected chi connectivity index (χ2v) is 5.35. The Morgan fingerprint density at radius 1 is 0.714 bits per heavy atom. The SMILES string of the molecule is CC(C)(C)NCCNC(C)(C)C.NN. The zero-order chi connectivity index (χ0) is 11.8. The first-order valence-corrected chi connectivity index (χ1v) is 5.04. The molecular weight excluding hydrogens is 176 g/mol. The molecule has 0 radical (unpaired) electrons. The van der Waals surface area contributed by atoms with Crippen LogP contribution in [0.3, 0.4) is 0 Å². The number of hydrogen-bond acceptors (Lipinski definition) is 4. The molecule has 0 aromatic rings. The fraction of sp³-hybridized carbons (Fsp3) is 1.00. The van der Waals surface area contributed by atoms with Crippen molar-refractivity contribution in [3.05, 3.63) is 0 Å². The van der Waals surface area contributed by atoms with Gasteiger partial charge in [0.2, 0.25) is 0 Å². The van der Waals surface area contributed by atoms with E-state index in [-0.39, 0.29) is 11.1 Å². The molecule has 0 aliphatic heterocycles. The van der Waals surface area contributed by atoms with E-state index in [0.29, 0.717) is 0 Å². The van der Waals surface area contributed by atoms with Crippen LogP contribution in [0, 0.1) is 0 Å². The van der Waals surface area contributed by atoms with Crippen LogP contribution in [0.4, 0.5) is 0 Å². The van der Waals surface area contributed by atoms with Gasteiger partial charge in [-0.05, 0) is 41.5 Å². The third-order valence-electron chi connectivity index (χ3n) is 1.44. The average Bonchev–Trinajstić information content (AvgIpc) is 1.99. The van der Waals surface area contributed by atoms with Crippen LogP contribution in [0.1, 0.15) is 41.5 Å². The first-order valence-electron chi connectivity index (χ1n) is 5.04. The van der Waals surface area contributed by atoms with Gasteiger partial charge in [-0.1, -0.05) is 0 Å². The Hall–Kier alpha value is -0.160. The summed E-state index contributed by atoms with van der Waals surface area (Å²) in [6.45, 7) is 15.2. The fourth-order valence-corrected chi connectivity index (χ4v) is 0.875. The maximum Gasteiger partial charge on any atom is 0.00970 e. The summed E-state index contributed by atoms with van der Waals surface area (Å²) >= 11 is 0. The summed E-state index contributed by atoms with van der Waals surface area (Å²) in [5.74, 6) is 8.00. The quantitative estimate of drug-likeness (QED) is 0.308. The molecule has 0 fully saturated rings. The van der Waals surface area contributed by atoms with Gasteiger partial charge in [0.1, 0.15) is 0 Å². The second kappa shape index (κ2) is 7.17. The van der Waals surface area contributed by atoms with Gasteiger partial charge in [-0.25, -0.2) is 0 Å². The van der Waals surface area contributed by atoms with Gasteiger partial charge in [0.05, 0.1) is 0 Å². The molecule has 0 amide bonds. The Bertz CT molecular complexity index is 105. The van der Waals surface area contributed by atoms with Crippen molar-refractivity contribution in [3.8, 4) is 0 Å². The maximum absolute atomic E-state index is 4.00. The molecule has 4 heteroatoms. The molecule has 0 aromatic carbocycles. The number of hydrazine groups is 1. The van der Waals surface area contributed by atoms with Gasteiger partial charge in [-0.3, -0.25) is 11.7 Å². The Kier molecular flexibility index (Phi) is 8.34. The van der Waals surface area contributed by atoms with Crippen molar-refractivity contribution in [2.24, 2.45) is 11.7 Å². The topological polar surface area (TPSA) is 76.1 Å². The number of rotatable bonds is 3. The van der Waals surface area contributed by atoms with Gasteiger partial charge in [-0.2, -0.15) is 0 Å². The van der Waals surface area contributed by atoms with E-state index in [1.54, 1.807) is 0 Å². The summed E-state index contributed by atoms with van der Waals surface area (Å²) in [4.78, 5) is 0. The second-order valence-electron chi connectivity index (χ2n) is 5.35. The summed E-state index contributed by atoms with van der Waals surface area (Å²) in [5.41, 5.74) is 0.471. The highest BCUT2D eigenvalue weighted by Crippen LogP contribution is 1.98. The molecule has 0 aliphatic rings. The van der Waals surface area contributed by atoms with Crippen molar-refractivity contribution in [1.29, 1.82) is 0 Å². The van der Waals surface area contributed by atoms with Crippen molar-refractivity contribution in [2.45, 2.75) is 52.6 Å². The van der Waals surface area contributed by atoms with Gasteiger partial charge >= 0.3 is 0 Å². The molecule has 0 heterocycles. The lowest BCUT2D eigenvalue weighted by molar-refractivity contribution is 0.381. The van der Waals surface area contributed by atoms with Crippen molar-refractivity contribution in [3.63, 3.8) is 0 Å². The summed E-state index contributed by atoms with van der Waals surface area (Å²) in [6.07, 6.45) is 0. The summed E-state index contributed by atoms with van der Waals surface area (Å²) < 4.78 is 0. The largest absolute Gasteiger partial charge is 0.311 e. The van der Waals surface area contributed by atoms with E-state index in [9.17, 15) is 0 Å². The normalized spacial score (nSPS) is 12.0. The molecule has 0 rings (SSSR count). The van der Waals surface area contributed by atoms with E-state index in [4.69, 9.17) is 0 Å². The van der Waals surface area contributed by atoms with E-state index < -0.39 is 0 Å². The molecule has 0 saturated heterocycles. The van der Waals surface area contributed by atoms with Crippen LogP contribution in [-0.2, 0) is 0 Å². The third-order valence-corrected chi connectivity index (χ3v) is 1.44. The van der Waals surface area contributed by atoms with E-state index in [1.807, 2.05) is 0 Å². The Morgan fingerprint density at radius 3 is 1.07 bits per heavy atom. The molecule has 0 unspecified atom stereocenters. The smallest absolute Gasteiger partial charge is 0.00970 e. The van der Waals surface area contributed by atoms with E-state index >= 15 is 0 Å². The predicted molar refractivity (Wildman–Crippen MR) is 63.9 cm³/mol. The minimum Gasteiger partial charge on any atom is -0.311 e. The summed E-state index contributed by atoms with van der Waals surface area (Å²) in [7, 11) is 0. The molecule has 0 bridgehead atoms. The van der Waals surface area contributed by atoms with Crippen molar-refractivity contribution in [2.75, 3.05) is 13.1 Å². The zero-order valence-electron chi connectivity index (χ0n) is 10.6. The van der Waals surface area contributed by atoms with Crippen LogP contribution in [0.25, 0.3) is 0 Å². The first-order chi connectivity index (χ1) is 6.21. The highest BCUT2D eigenvalue weighted by Gasteiger charge is 2.10. The van der Waals surface area contributed by atoms with Crippen LogP contribution in [-0.4, -0.2) is 24.2 Å². The Morgan fingerprint density at radius 2 is 0.929 bits per heavy atom. The van der Waals surface area contributed by atoms with Crippen LogP contribution >= 0.6 is 0 Å². The number of nitrogens with one attached hydrogen (secondary N) is 2. The van der Waals surface area contributed by atoms with Gasteiger partial charge in [0.25, 0.3) is 0 Å². The molecular formula is C10H28N4. The molecule has 0 aromatic heterocycles. The molecule has 0 spiro atoms. The highest BCUT2D eigenvalue weighted by molar-refractivity contribution is 4.74. The van der Waals surface area contributed by atoms with E-state index in [0.717, 1.165) is 13.1 Å². The predicted octanol–water partition coefficient (Wildman–Crippen LogP) is 0.581. The molecule has 0 atom stereocenters. The average molecular weight is 204 g/mol. The Labute approximate surface area is 88.8 Å². The molecule has 6 N–H and O–H groups in total. The van der Waals surface area contributed by atoms with E-state index in [1.165, 1.54) is 0 Å². The summed E-state index contributed by atoms with van der Waals surface area (Å²) in [5, 5.41) is 6.86. The monoisotopic (exact) mass is 204 g/mol. The van der Waals surface area contributed by atoms with Crippen LogP contribution in [0.5, 0.6) is 0 Å². The van der Waals surface area contributed by atoms with Gasteiger partial charge in [0, 0.05) is 24.2 Å². The molecule has 14 heavy (non-hydrogen) atoms. The fourth-order valence-electron chi connectivity index (χ4n) is 0.875. The molecule has 4 nitrogen and oxygen atoms in total. The first kappa shape index (κ1) is 16.3. The third kappa shape index (κ3) is 17.8. The van der Waals surface area contributed by atoms with Crippen LogP contribution in [0.15, 0.2) is 0 Å². The lowest BCUT2D eigenvalue weighted by Gasteiger charge is -2.24. The van der Waals surface area contributed by atoms with Crippen molar-refractivity contribution in [1.82, 2.24) is 10.6 Å². The minimum atomic E-state index is 0.236. The van der Waals surface area contributed by atoms with Crippen LogP contribution < -0.4 is 22.3 Å². The highest BCUT2D eigenvalue weighted by atomic mass is 15.0. The zero-order valence-corrected chi connectivity index (χ0v) is 10.6. The van der Waals surface area contributed by atoms with E-state index in [2.05, 4.69) is 63.9 Å².